The van der Waals surface area contributed by atoms with Crippen LogP contribution in [0.4, 0.5) is 0 Å². The van der Waals surface area contributed by atoms with Gasteiger partial charge in [0.1, 0.15) is 12.4 Å². The van der Waals surface area contributed by atoms with E-state index in [0.29, 0.717) is 31.0 Å². The molecule has 3 heterocycles. The van der Waals surface area contributed by atoms with Gasteiger partial charge >= 0.3 is 0 Å². The Hall–Kier alpha value is -2.94. The molecule has 1 spiro atoms. The standard InChI is InChI=1S/C23H25N3O5/c27-21(25-29)15-5-6-16-14-26(11-12-30-19(16)13-15)22(28)20-17-3-1-2-4-18(17)23(31-20)7-9-24-10-8-23/h1-6,13,20,24,29H,7-12,14H2,(H,25,27). The molecule has 1 saturated heterocycles. The summed E-state index contributed by atoms with van der Waals surface area (Å²) >= 11 is 0. The molecule has 0 radical (unpaired) electrons. The predicted molar refractivity (Wildman–Crippen MR) is 111 cm³/mol. The highest BCUT2D eigenvalue weighted by atomic mass is 16.5. The largest absolute Gasteiger partial charge is 0.491 e. The summed E-state index contributed by atoms with van der Waals surface area (Å²) in [6.45, 7) is 2.83. The van der Waals surface area contributed by atoms with E-state index in [1.54, 1.807) is 28.6 Å². The van der Waals surface area contributed by atoms with E-state index in [9.17, 15) is 9.59 Å². The number of hydroxylamine groups is 1. The van der Waals surface area contributed by atoms with Crippen molar-refractivity contribution in [2.75, 3.05) is 26.2 Å². The molecule has 2 amide bonds. The average molecular weight is 423 g/mol. The average Bonchev–Trinajstić information content (AvgIpc) is 2.97. The summed E-state index contributed by atoms with van der Waals surface area (Å²) in [4.78, 5) is 27.1. The van der Waals surface area contributed by atoms with Crippen LogP contribution in [0, 0.1) is 0 Å². The summed E-state index contributed by atoms with van der Waals surface area (Å²) in [7, 11) is 0. The predicted octanol–water partition coefficient (Wildman–Crippen LogP) is 1.88. The van der Waals surface area contributed by atoms with E-state index in [1.165, 1.54) is 0 Å². The number of hydrogen-bond donors (Lipinski definition) is 3. The molecule has 1 atom stereocenters. The number of benzene rings is 2. The monoisotopic (exact) mass is 423 g/mol. The second kappa shape index (κ2) is 7.96. The van der Waals surface area contributed by atoms with Gasteiger partial charge in [0.05, 0.1) is 12.1 Å². The number of piperidine rings is 1. The smallest absolute Gasteiger partial charge is 0.274 e. The zero-order valence-electron chi connectivity index (χ0n) is 17.1. The Morgan fingerprint density at radius 2 is 1.97 bits per heavy atom. The Morgan fingerprint density at radius 1 is 1.16 bits per heavy atom. The number of nitrogens with zero attached hydrogens (tertiary/aromatic N) is 1. The fraction of sp³-hybridized carbons (Fsp3) is 0.391. The Labute approximate surface area is 180 Å². The maximum Gasteiger partial charge on any atom is 0.274 e. The fourth-order valence-electron chi connectivity index (χ4n) is 4.82. The minimum atomic E-state index is -0.629. The van der Waals surface area contributed by atoms with E-state index in [0.717, 1.165) is 42.6 Å². The summed E-state index contributed by atoms with van der Waals surface area (Å²) in [5.41, 5.74) is 4.40. The molecule has 0 saturated carbocycles. The van der Waals surface area contributed by atoms with Crippen LogP contribution in [0.15, 0.2) is 42.5 Å². The van der Waals surface area contributed by atoms with Crippen molar-refractivity contribution in [3.63, 3.8) is 0 Å². The quantitative estimate of drug-likeness (QED) is 0.504. The third kappa shape index (κ3) is 3.46. The number of rotatable bonds is 2. The van der Waals surface area contributed by atoms with Crippen molar-refractivity contribution in [2.24, 2.45) is 0 Å². The van der Waals surface area contributed by atoms with Gasteiger partial charge in [0.2, 0.25) is 0 Å². The van der Waals surface area contributed by atoms with Crippen molar-refractivity contribution < 1.29 is 24.3 Å². The molecule has 3 aliphatic heterocycles. The normalized spacial score (nSPS) is 21.6. The van der Waals surface area contributed by atoms with Crippen molar-refractivity contribution in [3.8, 4) is 5.75 Å². The van der Waals surface area contributed by atoms with E-state index >= 15 is 0 Å². The highest BCUT2D eigenvalue weighted by Crippen LogP contribution is 2.49. The number of carbonyl (C=O) groups excluding carboxylic acids is 2. The summed E-state index contributed by atoms with van der Waals surface area (Å²) in [5.74, 6) is -0.137. The molecular weight excluding hydrogens is 398 g/mol. The van der Waals surface area contributed by atoms with Crippen molar-refractivity contribution in [1.29, 1.82) is 0 Å². The molecule has 1 fully saturated rings. The van der Waals surface area contributed by atoms with Gasteiger partial charge in [-0.05, 0) is 49.2 Å². The van der Waals surface area contributed by atoms with E-state index in [1.807, 2.05) is 18.2 Å². The Bertz CT molecular complexity index is 1020. The lowest BCUT2D eigenvalue weighted by molar-refractivity contribution is -0.158. The minimum Gasteiger partial charge on any atom is -0.491 e. The van der Waals surface area contributed by atoms with E-state index in [2.05, 4.69) is 11.4 Å². The van der Waals surface area contributed by atoms with Crippen LogP contribution in [0.3, 0.4) is 0 Å². The number of carbonyl (C=O) groups is 2. The fourth-order valence-corrected chi connectivity index (χ4v) is 4.82. The van der Waals surface area contributed by atoms with Gasteiger partial charge in [-0.3, -0.25) is 14.8 Å². The third-order valence-corrected chi connectivity index (χ3v) is 6.44. The highest BCUT2D eigenvalue weighted by Gasteiger charge is 2.48. The maximum atomic E-state index is 13.6. The van der Waals surface area contributed by atoms with E-state index < -0.39 is 17.6 Å². The maximum absolute atomic E-state index is 13.6. The topological polar surface area (TPSA) is 100 Å². The SMILES string of the molecule is O=C(NO)c1ccc2c(c1)OCCN(C(=O)C1OC3(CCNCC3)c3ccccc31)C2. The van der Waals surface area contributed by atoms with Crippen LogP contribution in [0.1, 0.15) is 46.0 Å². The van der Waals surface area contributed by atoms with Crippen LogP contribution in [-0.2, 0) is 21.7 Å². The van der Waals surface area contributed by atoms with Crippen LogP contribution in [0.5, 0.6) is 5.75 Å². The molecule has 31 heavy (non-hydrogen) atoms. The van der Waals surface area contributed by atoms with Crippen LogP contribution in [0.25, 0.3) is 0 Å². The first-order valence-corrected chi connectivity index (χ1v) is 10.6. The first-order chi connectivity index (χ1) is 15.1. The number of fused-ring (bicyclic) bond motifs is 3. The molecule has 5 rings (SSSR count). The van der Waals surface area contributed by atoms with E-state index in [-0.39, 0.29) is 5.91 Å². The first-order valence-electron chi connectivity index (χ1n) is 10.6. The molecule has 3 aliphatic rings. The Balaban J connectivity index is 1.41. The lowest BCUT2D eigenvalue weighted by Crippen LogP contribution is -2.41. The Morgan fingerprint density at radius 3 is 2.77 bits per heavy atom. The van der Waals surface area contributed by atoms with Gasteiger partial charge in [-0.25, -0.2) is 5.48 Å². The molecule has 8 nitrogen and oxygen atoms in total. The van der Waals surface area contributed by atoms with Crippen molar-refractivity contribution in [2.45, 2.75) is 31.1 Å². The molecule has 162 valence electrons. The summed E-state index contributed by atoms with van der Waals surface area (Å²) in [6, 6.07) is 13.0. The van der Waals surface area contributed by atoms with Crippen molar-refractivity contribution >= 4 is 11.8 Å². The number of amides is 2. The zero-order valence-corrected chi connectivity index (χ0v) is 17.1. The summed E-state index contributed by atoms with van der Waals surface area (Å²) in [5, 5.41) is 12.2. The van der Waals surface area contributed by atoms with Crippen LogP contribution < -0.4 is 15.5 Å². The highest BCUT2D eigenvalue weighted by molar-refractivity contribution is 5.94. The summed E-state index contributed by atoms with van der Waals surface area (Å²) < 4.78 is 12.3. The zero-order chi connectivity index (χ0) is 21.4. The van der Waals surface area contributed by atoms with Crippen molar-refractivity contribution in [3.05, 3.63) is 64.7 Å². The van der Waals surface area contributed by atoms with Gasteiger partial charge in [-0.15, -0.1) is 0 Å². The molecule has 0 aromatic heterocycles. The molecule has 1 unspecified atom stereocenters. The van der Waals surface area contributed by atoms with Crippen LogP contribution >= 0.6 is 0 Å². The van der Waals surface area contributed by atoms with Crippen LogP contribution in [0.2, 0.25) is 0 Å². The van der Waals surface area contributed by atoms with E-state index in [4.69, 9.17) is 14.7 Å². The lowest BCUT2D eigenvalue weighted by Gasteiger charge is -2.35. The molecule has 2 aromatic rings. The molecule has 8 heteroatoms. The number of ether oxygens (including phenoxy) is 2. The lowest BCUT2D eigenvalue weighted by atomic mass is 9.84. The second-order valence-corrected chi connectivity index (χ2v) is 8.20. The van der Waals surface area contributed by atoms with Gasteiger partial charge in [0.15, 0.2) is 6.10 Å². The third-order valence-electron chi connectivity index (χ3n) is 6.44. The van der Waals surface area contributed by atoms with Crippen molar-refractivity contribution in [1.82, 2.24) is 15.7 Å². The first kappa shape index (κ1) is 20.0. The van der Waals surface area contributed by atoms with Gasteiger partial charge in [0.25, 0.3) is 11.8 Å². The van der Waals surface area contributed by atoms with Crippen LogP contribution in [-0.4, -0.2) is 48.2 Å². The second-order valence-electron chi connectivity index (χ2n) is 8.20. The van der Waals surface area contributed by atoms with Gasteiger partial charge in [0, 0.05) is 17.7 Å². The Kier molecular flexibility index (Phi) is 5.13. The van der Waals surface area contributed by atoms with Gasteiger partial charge in [-0.1, -0.05) is 30.3 Å². The van der Waals surface area contributed by atoms with Gasteiger partial charge in [-0.2, -0.15) is 0 Å². The molecule has 0 aliphatic carbocycles. The molecule has 3 N–H and O–H groups in total. The van der Waals surface area contributed by atoms with Gasteiger partial charge < -0.3 is 19.7 Å². The minimum absolute atomic E-state index is 0.0727. The number of nitrogens with one attached hydrogen (secondary N) is 2. The molecular formula is C23H25N3O5. The number of hydrogen-bond acceptors (Lipinski definition) is 6. The summed E-state index contributed by atoms with van der Waals surface area (Å²) in [6.07, 6.45) is 1.06. The molecule has 2 aromatic carbocycles. The molecule has 0 bridgehead atoms.